The summed E-state index contributed by atoms with van der Waals surface area (Å²) in [4.78, 5) is 17.0. The number of aliphatic imine (C=N–C) groups is 1. The van der Waals surface area contributed by atoms with Crippen LogP contribution >= 0.6 is 0 Å². The van der Waals surface area contributed by atoms with Gasteiger partial charge in [-0.3, -0.25) is 9.79 Å². The summed E-state index contributed by atoms with van der Waals surface area (Å²) in [5, 5.41) is 13.2. The first kappa shape index (κ1) is 15.0. The zero-order valence-corrected chi connectivity index (χ0v) is 13.1. The number of pyridine rings is 1. The summed E-state index contributed by atoms with van der Waals surface area (Å²) in [6.07, 6.45) is 0. The van der Waals surface area contributed by atoms with E-state index < -0.39 is 0 Å². The molecule has 0 spiro atoms. The summed E-state index contributed by atoms with van der Waals surface area (Å²) >= 11 is 0. The maximum absolute atomic E-state index is 12.7. The van der Waals surface area contributed by atoms with Crippen LogP contribution in [0.3, 0.4) is 0 Å². The Kier molecular flexibility index (Phi) is 3.98. The Labute approximate surface area is 134 Å². The number of hydrogen-bond acceptors (Lipinski definition) is 3. The summed E-state index contributed by atoms with van der Waals surface area (Å²) in [5.74, 6) is -0.252. The Hall–Kier alpha value is -2.88. The van der Waals surface area contributed by atoms with Gasteiger partial charge in [0.05, 0.1) is 17.6 Å². The van der Waals surface area contributed by atoms with E-state index in [-0.39, 0.29) is 16.9 Å². The van der Waals surface area contributed by atoms with Crippen molar-refractivity contribution in [3.8, 4) is 5.75 Å². The Morgan fingerprint density at radius 1 is 1.09 bits per heavy atom. The van der Waals surface area contributed by atoms with Crippen LogP contribution in [0.5, 0.6) is 5.75 Å². The molecule has 0 fully saturated rings. The molecule has 0 N–H and O–H groups in total. The zero-order chi connectivity index (χ0) is 16.4. The molecule has 0 saturated carbocycles. The van der Waals surface area contributed by atoms with Gasteiger partial charge in [-0.2, -0.15) is 0 Å². The second kappa shape index (κ2) is 6.08. The highest BCUT2D eigenvalue weighted by molar-refractivity contribution is 6.05. The van der Waals surface area contributed by atoms with E-state index in [0.29, 0.717) is 23.2 Å². The first-order valence-corrected chi connectivity index (χ1v) is 7.43. The largest absolute Gasteiger partial charge is 0.871 e. The molecule has 0 saturated heterocycles. The lowest BCUT2D eigenvalue weighted by Crippen LogP contribution is -2.26. The monoisotopic (exact) mass is 305 g/mol. The van der Waals surface area contributed by atoms with Gasteiger partial charge < -0.3 is 9.67 Å². The Balaban J connectivity index is 2.10. The maximum atomic E-state index is 12.7. The molecule has 1 heterocycles. The number of aromatic nitrogens is 1. The third kappa shape index (κ3) is 2.75. The average molecular weight is 305 g/mol. The lowest BCUT2D eigenvalue weighted by molar-refractivity contribution is -0.266. The highest BCUT2D eigenvalue weighted by atomic mass is 16.3. The highest BCUT2D eigenvalue weighted by Crippen LogP contribution is 2.23. The van der Waals surface area contributed by atoms with Crippen molar-refractivity contribution in [1.82, 2.24) is 4.57 Å². The third-order valence-electron chi connectivity index (χ3n) is 3.96. The molecule has 4 heteroatoms. The van der Waals surface area contributed by atoms with E-state index in [0.717, 1.165) is 5.56 Å². The molecule has 0 bridgehead atoms. The van der Waals surface area contributed by atoms with Gasteiger partial charge in [0.2, 0.25) is 0 Å². The van der Waals surface area contributed by atoms with Crippen LogP contribution in [-0.4, -0.2) is 10.3 Å². The van der Waals surface area contributed by atoms with Crippen LogP contribution in [0, 0.1) is 0 Å². The van der Waals surface area contributed by atoms with Crippen molar-refractivity contribution in [1.29, 1.82) is 0 Å². The molecule has 0 atom stereocenters. The van der Waals surface area contributed by atoms with Crippen molar-refractivity contribution < 1.29 is 5.11 Å². The summed E-state index contributed by atoms with van der Waals surface area (Å²) in [7, 11) is 1.68. The predicted molar refractivity (Wildman–Crippen MR) is 91.0 cm³/mol. The predicted octanol–water partition coefficient (Wildman–Crippen LogP) is 2.62. The zero-order valence-electron chi connectivity index (χ0n) is 13.1. The van der Waals surface area contributed by atoms with Crippen LogP contribution in [0.1, 0.15) is 18.1 Å². The summed E-state index contributed by atoms with van der Waals surface area (Å²) in [6, 6.07) is 16.9. The highest BCUT2D eigenvalue weighted by Gasteiger charge is 2.11. The number of hydrogen-bond donors (Lipinski definition) is 0. The minimum absolute atomic E-state index is 0.155. The van der Waals surface area contributed by atoms with E-state index in [1.165, 1.54) is 4.57 Å². The van der Waals surface area contributed by atoms with E-state index >= 15 is 0 Å². The molecule has 0 amide bonds. The van der Waals surface area contributed by atoms with Crippen molar-refractivity contribution in [3.05, 3.63) is 76.1 Å². The Morgan fingerprint density at radius 2 is 1.74 bits per heavy atom. The third-order valence-corrected chi connectivity index (χ3v) is 3.96. The Morgan fingerprint density at radius 3 is 2.48 bits per heavy atom. The fraction of sp³-hybridized carbons (Fsp3) is 0.158. The molecule has 3 rings (SSSR count). The summed E-state index contributed by atoms with van der Waals surface area (Å²) in [5.41, 5.74) is 2.01. The molecule has 23 heavy (non-hydrogen) atoms. The SMILES string of the molecule is CC(=NCc1ccccc1)c1c([O-])c2ccccc2n(C)c1=O. The molecule has 2 aromatic carbocycles. The normalized spacial score (nSPS) is 11.8. The lowest BCUT2D eigenvalue weighted by Gasteiger charge is -2.18. The average Bonchev–Trinajstić information content (AvgIpc) is 2.59. The van der Waals surface area contributed by atoms with Crippen LogP contribution in [0.25, 0.3) is 10.9 Å². The number of fused-ring (bicyclic) bond motifs is 1. The lowest BCUT2D eigenvalue weighted by atomic mass is 10.1. The van der Waals surface area contributed by atoms with Crippen LogP contribution in [-0.2, 0) is 13.6 Å². The number of para-hydroxylation sites is 1. The fourth-order valence-corrected chi connectivity index (χ4v) is 2.66. The second-order valence-corrected chi connectivity index (χ2v) is 5.47. The van der Waals surface area contributed by atoms with Gasteiger partial charge in [-0.05, 0) is 23.9 Å². The quantitative estimate of drug-likeness (QED) is 0.698. The number of aryl methyl sites for hydroxylation is 1. The molecule has 116 valence electrons. The molecule has 0 aliphatic carbocycles. The molecule has 3 aromatic rings. The number of nitrogens with zero attached hydrogens (tertiary/aromatic N) is 2. The van der Waals surface area contributed by atoms with Crippen molar-refractivity contribution in [2.45, 2.75) is 13.5 Å². The van der Waals surface area contributed by atoms with Crippen molar-refractivity contribution in [2.75, 3.05) is 0 Å². The van der Waals surface area contributed by atoms with Gasteiger partial charge in [-0.1, -0.05) is 54.3 Å². The van der Waals surface area contributed by atoms with Crippen molar-refractivity contribution in [2.24, 2.45) is 12.0 Å². The standard InChI is InChI=1S/C19H18N2O2/c1-13(20-12-14-8-4-3-5-9-14)17-18(22)15-10-6-7-11-16(15)21(2)19(17)23/h3-11,22H,12H2,1-2H3/p-1. The minimum atomic E-state index is -0.303. The molecule has 0 aliphatic heterocycles. The number of rotatable bonds is 3. The molecule has 1 aromatic heterocycles. The van der Waals surface area contributed by atoms with E-state index in [1.54, 1.807) is 32.2 Å². The van der Waals surface area contributed by atoms with Gasteiger partial charge in [0.15, 0.2) is 0 Å². The Bertz CT molecular complexity index is 941. The molecule has 0 radical (unpaired) electrons. The molecular formula is C19H17N2O2-. The summed E-state index contributed by atoms with van der Waals surface area (Å²) in [6.45, 7) is 2.16. The van der Waals surface area contributed by atoms with Gasteiger partial charge in [-0.25, -0.2) is 0 Å². The van der Waals surface area contributed by atoms with E-state index in [9.17, 15) is 9.90 Å². The minimum Gasteiger partial charge on any atom is -0.871 e. The van der Waals surface area contributed by atoms with Crippen LogP contribution in [0.4, 0.5) is 0 Å². The topological polar surface area (TPSA) is 57.4 Å². The molecular weight excluding hydrogens is 288 g/mol. The molecule has 0 aliphatic rings. The van der Waals surface area contributed by atoms with Crippen molar-refractivity contribution in [3.63, 3.8) is 0 Å². The van der Waals surface area contributed by atoms with Gasteiger partial charge in [0.1, 0.15) is 0 Å². The van der Waals surface area contributed by atoms with E-state index in [2.05, 4.69) is 4.99 Å². The summed E-state index contributed by atoms with van der Waals surface area (Å²) < 4.78 is 1.51. The van der Waals surface area contributed by atoms with Gasteiger partial charge in [0, 0.05) is 12.8 Å². The van der Waals surface area contributed by atoms with E-state index in [4.69, 9.17) is 0 Å². The fourth-order valence-electron chi connectivity index (χ4n) is 2.66. The molecule has 0 unspecified atom stereocenters. The maximum Gasteiger partial charge on any atom is 0.259 e. The first-order chi connectivity index (χ1) is 11.1. The van der Waals surface area contributed by atoms with Gasteiger partial charge >= 0.3 is 0 Å². The first-order valence-electron chi connectivity index (χ1n) is 7.43. The smallest absolute Gasteiger partial charge is 0.259 e. The second-order valence-electron chi connectivity index (χ2n) is 5.47. The van der Waals surface area contributed by atoms with Gasteiger partial charge in [-0.15, -0.1) is 0 Å². The number of benzene rings is 2. The van der Waals surface area contributed by atoms with Gasteiger partial charge in [0.25, 0.3) is 5.56 Å². The molecule has 4 nitrogen and oxygen atoms in total. The van der Waals surface area contributed by atoms with Crippen molar-refractivity contribution >= 4 is 16.6 Å². The van der Waals surface area contributed by atoms with Crippen LogP contribution < -0.4 is 10.7 Å². The van der Waals surface area contributed by atoms with E-state index in [1.807, 2.05) is 36.4 Å². The van der Waals surface area contributed by atoms with Crippen LogP contribution in [0.15, 0.2) is 64.4 Å². The van der Waals surface area contributed by atoms with Crippen LogP contribution in [0.2, 0.25) is 0 Å².